The van der Waals surface area contributed by atoms with Crippen LogP contribution in [0.2, 0.25) is 0 Å². The molecule has 1 fully saturated rings. The van der Waals surface area contributed by atoms with Gasteiger partial charge in [-0.1, -0.05) is 18.2 Å². The highest BCUT2D eigenvalue weighted by Crippen LogP contribution is 2.38. The molecule has 0 aliphatic carbocycles. The summed E-state index contributed by atoms with van der Waals surface area (Å²) in [5.74, 6) is -0.169. The molecule has 3 aromatic rings. The third kappa shape index (κ3) is 4.74. The van der Waals surface area contributed by atoms with Crippen molar-refractivity contribution in [1.29, 1.82) is 0 Å². The van der Waals surface area contributed by atoms with Gasteiger partial charge in [0, 0.05) is 30.2 Å². The third-order valence-corrected chi connectivity index (χ3v) is 6.88. The number of aromatic nitrogens is 1. The number of carbonyl (C=O) groups is 1. The normalized spacial score (nSPS) is 20.0. The number of hydrogen-bond donors (Lipinski definition) is 3. The number of aryl methyl sites for hydroxylation is 2. The Labute approximate surface area is 190 Å². The van der Waals surface area contributed by atoms with Crippen LogP contribution < -0.4 is 0 Å². The number of hydrogen-bond acceptors (Lipinski definition) is 3. The van der Waals surface area contributed by atoms with E-state index in [9.17, 15) is 15.0 Å². The van der Waals surface area contributed by atoms with Gasteiger partial charge in [-0.15, -0.1) is 0 Å². The minimum Gasteiger partial charge on any atom is -0.478 e. The monoisotopic (exact) mass is 434 g/mol. The van der Waals surface area contributed by atoms with Crippen molar-refractivity contribution in [3.8, 4) is 0 Å². The second-order valence-corrected chi connectivity index (χ2v) is 10.1. The number of fused-ring (bicyclic) bond motifs is 1. The topological polar surface area (TPSA) is 76.6 Å². The summed E-state index contributed by atoms with van der Waals surface area (Å²) in [7, 11) is 0. The quantitative estimate of drug-likeness (QED) is 0.516. The van der Waals surface area contributed by atoms with Crippen LogP contribution in [0.5, 0.6) is 0 Å². The van der Waals surface area contributed by atoms with E-state index >= 15 is 0 Å². The standard InChI is InChI=1S/C27H34N2O3/c1-17-13-18(2)25-22(9-11-28-25)23(17)14-21-10-12-29(16-27(3,4)32)15-24(21)19-5-7-20(8-6-19)26(30)31/h5-9,11,13,21,24,28,32H,10,12,14-16H2,1-4H3,(H,30,31). The minimum absolute atomic E-state index is 0.281. The van der Waals surface area contributed by atoms with Crippen LogP contribution in [0.25, 0.3) is 10.9 Å². The number of rotatable bonds is 6. The van der Waals surface area contributed by atoms with Crippen molar-refractivity contribution in [1.82, 2.24) is 9.88 Å². The number of piperidine rings is 1. The number of β-amino-alcohol motifs (C(OH)–C–C–N with tert-alkyl or cyclic N) is 1. The first-order valence-electron chi connectivity index (χ1n) is 11.5. The second-order valence-electron chi connectivity index (χ2n) is 10.1. The molecular weight excluding hydrogens is 400 g/mol. The Morgan fingerprint density at radius 2 is 1.88 bits per heavy atom. The van der Waals surface area contributed by atoms with Gasteiger partial charge in [0.1, 0.15) is 0 Å². The van der Waals surface area contributed by atoms with Gasteiger partial charge in [-0.05, 0) is 99.4 Å². The molecule has 0 radical (unpaired) electrons. The van der Waals surface area contributed by atoms with Crippen LogP contribution in [0.1, 0.15) is 58.8 Å². The molecule has 170 valence electrons. The summed E-state index contributed by atoms with van der Waals surface area (Å²) in [6.07, 6.45) is 4.05. The number of benzene rings is 2. The van der Waals surface area contributed by atoms with Crippen LogP contribution in [0, 0.1) is 19.8 Å². The highest BCUT2D eigenvalue weighted by Gasteiger charge is 2.33. The predicted octanol–water partition coefficient (Wildman–Crippen LogP) is 4.90. The van der Waals surface area contributed by atoms with Crippen molar-refractivity contribution in [3.63, 3.8) is 0 Å². The van der Waals surface area contributed by atoms with Crippen molar-refractivity contribution in [2.24, 2.45) is 5.92 Å². The number of aliphatic hydroxyl groups is 1. The number of nitrogens with zero attached hydrogens (tertiary/aromatic N) is 1. The molecular formula is C27H34N2O3. The lowest BCUT2D eigenvalue weighted by Gasteiger charge is -2.41. The van der Waals surface area contributed by atoms with Gasteiger partial charge in [-0.2, -0.15) is 0 Å². The molecule has 2 aromatic carbocycles. The second kappa shape index (κ2) is 8.72. The maximum atomic E-state index is 11.3. The van der Waals surface area contributed by atoms with Crippen molar-refractivity contribution in [2.75, 3.05) is 19.6 Å². The maximum Gasteiger partial charge on any atom is 0.335 e. The van der Waals surface area contributed by atoms with E-state index in [2.05, 4.69) is 35.9 Å². The fraction of sp³-hybridized carbons (Fsp3) is 0.444. The number of likely N-dealkylation sites (tertiary alicyclic amines) is 1. The van der Waals surface area contributed by atoms with E-state index < -0.39 is 11.6 Å². The van der Waals surface area contributed by atoms with Crippen LogP contribution in [0.4, 0.5) is 0 Å². The summed E-state index contributed by atoms with van der Waals surface area (Å²) in [4.78, 5) is 17.1. The highest BCUT2D eigenvalue weighted by atomic mass is 16.4. The first-order chi connectivity index (χ1) is 15.1. The van der Waals surface area contributed by atoms with Crippen LogP contribution >= 0.6 is 0 Å². The van der Waals surface area contributed by atoms with E-state index in [-0.39, 0.29) is 5.92 Å². The van der Waals surface area contributed by atoms with Gasteiger partial charge in [-0.25, -0.2) is 4.79 Å². The zero-order valence-electron chi connectivity index (χ0n) is 19.5. The maximum absolute atomic E-state index is 11.3. The molecule has 0 amide bonds. The van der Waals surface area contributed by atoms with E-state index in [1.54, 1.807) is 12.1 Å². The molecule has 2 unspecified atom stereocenters. The number of H-pyrrole nitrogens is 1. The van der Waals surface area contributed by atoms with Gasteiger partial charge in [0.15, 0.2) is 0 Å². The molecule has 1 aromatic heterocycles. The van der Waals surface area contributed by atoms with Crippen LogP contribution in [0.15, 0.2) is 42.6 Å². The number of aromatic carboxylic acids is 1. The minimum atomic E-state index is -0.898. The van der Waals surface area contributed by atoms with Crippen LogP contribution in [-0.2, 0) is 6.42 Å². The largest absolute Gasteiger partial charge is 0.478 e. The van der Waals surface area contributed by atoms with Crippen molar-refractivity contribution in [2.45, 2.75) is 52.1 Å². The molecule has 4 rings (SSSR count). The van der Waals surface area contributed by atoms with Crippen molar-refractivity contribution >= 4 is 16.9 Å². The predicted molar refractivity (Wildman–Crippen MR) is 128 cm³/mol. The molecule has 2 heterocycles. The molecule has 0 saturated carbocycles. The van der Waals surface area contributed by atoms with Crippen LogP contribution in [0.3, 0.4) is 0 Å². The average Bonchev–Trinajstić information content (AvgIpc) is 3.21. The molecule has 0 spiro atoms. The van der Waals surface area contributed by atoms with Crippen LogP contribution in [-0.4, -0.2) is 51.3 Å². The van der Waals surface area contributed by atoms with Crippen molar-refractivity contribution in [3.05, 3.63) is 70.4 Å². The zero-order chi connectivity index (χ0) is 23.0. The Morgan fingerprint density at radius 1 is 1.16 bits per heavy atom. The summed E-state index contributed by atoms with van der Waals surface area (Å²) >= 11 is 0. The summed E-state index contributed by atoms with van der Waals surface area (Å²) in [5, 5.41) is 21.0. The Hall–Kier alpha value is -2.63. The first-order valence-corrected chi connectivity index (χ1v) is 11.5. The smallest absolute Gasteiger partial charge is 0.335 e. The summed E-state index contributed by atoms with van der Waals surface area (Å²) in [6.45, 7) is 10.5. The number of carboxylic acid groups (broad SMARTS) is 1. The Bertz CT molecular complexity index is 1110. The zero-order valence-corrected chi connectivity index (χ0v) is 19.5. The van der Waals surface area contributed by atoms with Gasteiger partial charge >= 0.3 is 5.97 Å². The molecule has 1 saturated heterocycles. The summed E-state index contributed by atoms with van der Waals surface area (Å²) in [5.41, 5.74) is 5.97. The van der Waals surface area contributed by atoms with Gasteiger partial charge in [0.25, 0.3) is 0 Å². The van der Waals surface area contributed by atoms with Gasteiger partial charge in [0.05, 0.1) is 11.2 Å². The van der Waals surface area contributed by atoms with Crippen molar-refractivity contribution < 1.29 is 15.0 Å². The molecule has 5 nitrogen and oxygen atoms in total. The van der Waals surface area contributed by atoms with Gasteiger partial charge in [-0.3, -0.25) is 4.90 Å². The fourth-order valence-electron chi connectivity index (χ4n) is 5.43. The first kappa shape index (κ1) is 22.6. The van der Waals surface area contributed by atoms with Gasteiger partial charge in [0.2, 0.25) is 0 Å². The lowest BCUT2D eigenvalue weighted by Crippen LogP contribution is -2.46. The van der Waals surface area contributed by atoms with E-state index in [1.807, 2.05) is 32.2 Å². The molecule has 32 heavy (non-hydrogen) atoms. The number of carboxylic acids is 1. The number of nitrogens with one attached hydrogen (secondary N) is 1. The lowest BCUT2D eigenvalue weighted by atomic mass is 9.76. The average molecular weight is 435 g/mol. The van der Waals surface area contributed by atoms with Gasteiger partial charge < -0.3 is 15.2 Å². The summed E-state index contributed by atoms with van der Waals surface area (Å²) in [6, 6.07) is 11.8. The Balaban J connectivity index is 1.67. The summed E-state index contributed by atoms with van der Waals surface area (Å²) < 4.78 is 0. The van der Waals surface area contributed by atoms with E-state index in [0.717, 1.165) is 25.9 Å². The third-order valence-electron chi connectivity index (χ3n) is 6.88. The Kier molecular flexibility index (Phi) is 6.15. The number of aromatic amines is 1. The van der Waals surface area contributed by atoms with E-state index in [4.69, 9.17) is 0 Å². The molecule has 1 aliphatic rings. The Morgan fingerprint density at radius 3 is 2.53 bits per heavy atom. The highest BCUT2D eigenvalue weighted by molar-refractivity contribution is 5.88. The van der Waals surface area contributed by atoms with E-state index in [1.165, 1.54) is 33.2 Å². The lowest BCUT2D eigenvalue weighted by molar-refractivity contribution is 0.0197. The molecule has 1 aliphatic heterocycles. The fourth-order valence-corrected chi connectivity index (χ4v) is 5.43. The molecule has 5 heteroatoms. The SMILES string of the molecule is Cc1cc(C)c2[nH]ccc2c1CC1CCN(CC(C)(C)O)CC1c1ccc(C(=O)O)cc1. The molecule has 3 N–H and O–H groups in total. The molecule has 0 bridgehead atoms. The van der Waals surface area contributed by atoms with E-state index in [0.29, 0.717) is 18.0 Å². The molecule has 2 atom stereocenters.